The number of sulfonamides is 1. The molecule has 3 aromatic rings. The van der Waals surface area contributed by atoms with Crippen LogP contribution in [0.25, 0.3) is 17.3 Å². The first kappa shape index (κ1) is 21.7. The molecule has 0 unspecified atom stereocenters. The van der Waals surface area contributed by atoms with Crippen LogP contribution in [0, 0.1) is 13.8 Å². The van der Waals surface area contributed by atoms with Gasteiger partial charge in [-0.3, -0.25) is 4.79 Å². The van der Waals surface area contributed by atoms with Crippen LogP contribution in [0.2, 0.25) is 0 Å². The van der Waals surface area contributed by atoms with Crippen LogP contribution in [0.3, 0.4) is 0 Å². The molecule has 1 aromatic heterocycles. The lowest BCUT2D eigenvalue weighted by Gasteiger charge is -2.08. The summed E-state index contributed by atoms with van der Waals surface area (Å²) in [6, 6.07) is 18.7. The predicted octanol–water partition coefficient (Wildman–Crippen LogP) is 3.51. The molecule has 0 aliphatic heterocycles. The van der Waals surface area contributed by atoms with Gasteiger partial charge in [-0.05, 0) is 38.0 Å². The maximum Gasteiger partial charge on any atom is 0.266 e. The summed E-state index contributed by atoms with van der Waals surface area (Å²) in [7, 11) is -3.55. The van der Waals surface area contributed by atoms with Crippen molar-refractivity contribution in [2.24, 2.45) is 0 Å². The summed E-state index contributed by atoms with van der Waals surface area (Å²) in [6.45, 7) is 4.52. The minimum absolute atomic E-state index is 0.212. The second-order valence-electron chi connectivity index (χ2n) is 7.15. The van der Waals surface area contributed by atoms with Gasteiger partial charge in [-0.15, -0.1) is 0 Å². The monoisotopic (exact) mass is 423 g/mol. The molecule has 7 heteroatoms. The predicted molar refractivity (Wildman–Crippen MR) is 120 cm³/mol. The second kappa shape index (κ2) is 9.65. The molecule has 30 heavy (non-hydrogen) atoms. The smallest absolute Gasteiger partial charge is 0.266 e. The molecule has 0 atom stereocenters. The van der Waals surface area contributed by atoms with Crippen molar-refractivity contribution >= 4 is 16.1 Å². The Kier molecular flexibility index (Phi) is 6.97. The van der Waals surface area contributed by atoms with Gasteiger partial charge in [0.15, 0.2) is 0 Å². The maximum absolute atomic E-state index is 12.1. The number of rotatable bonds is 8. The highest BCUT2D eigenvalue weighted by Gasteiger charge is 2.06. The Labute approximate surface area is 177 Å². The molecule has 0 bridgehead atoms. The normalized spacial score (nSPS) is 11.8. The van der Waals surface area contributed by atoms with Crippen LogP contribution in [0.1, 0.15) is 23.1 Å². The zero-order valence-electron chi connectivity index (χ0n) is 17.1. The third kappa shape index (κ3) is 6.23. The van der Waals surface area contributed by atoms with Crippen LogP contribution < -0.4 is 10.3 Å². The summed E-state index contributed by atoms with van der Waals surface area (Å²) < 4.78 is 28.2. The number of benzene rings is 2. The fraction of sp³-hybridized carbons (Fsp3) is 0.217. The second-order valence-corrected chi connectivity index (χ2v) is 8.80. The molecule has 2 aromatic carbocycles. The molecular weight excluding hydrogens is 398 g/mol. The van der Waals surface area contributed by atoms with Gasteiger partial charge in [-0.2, -0.15) is 5.10 Å². The van der Waals surface area contributed by atoms with E-state index >= 15 is 0 Å². The largest absolute Gasteiger partial charge is 0.268 e. The topological polar surface area (TPSA) is 81.1 Å². The van der Waals surface area contributed by atoms with Gasteiger partial charge >= 0.3 is 0 Å². The van der Waals surface area contributed by atoms with Gasteiger partial charge in [0.2, 0.25) is 10.0 Å². The first-order chi connectivity index (χ1) is 14.3. The molecule has 6 nitrogen and oxygen atoms in total. The van der Waals surface area contributed by atoms with Gasteiger partial charge < -0.3 is 0 Å². The van der Waals surface area contributed by atoms with Crippen molar-refractivity contribution in [2.45, 2.75) is 26.8 Å². The maximum atomic E-state index is 12.1. The highest BCUT2D eigenvalue weighted by Crippen LogP contribution is 2.15. The van der Waals surface area contributed by atoms with E-state index in [0.29, 0.717) is 18.7 Å². The molecule has 0 saturated carbocycles. The number of aryl methyl sites for hydroxylation is 3. The van der Waals surface area contributed by atoms with E-state index in [-0.39, 0.29) is 12.1 Å². The molecule has 0 spiro atoms. The molecule has 156 valence electrons. The quantitative estimate of drug-likeness (QED) is 0.562. The molecule has 0 radical (unpaired) electrons. The van der Waals surface area contributed by atoms with Crippen LogP contribution in [0.15, 0.2) is 70.9 Å². The molecule has 1 heterocycles. The highest BCUT2D eigenvalue weighted by molar-refractivity contribution is 7.92. The van der Waals surface area contributed by atoms with E-state index in [1.165, 1.54) is 10.7 Å². The van der Waals surface area contributed by atoms with Gasteiger partial charge in [0.1, 0.15) is 0 Å². The third-order valence-corrected chi connectivity index (χ3v) is 5.68. The lowest BCUT2D eigenvalue weighted by molar-refractivity contribution is 0.539. The zero-order chi connectivity index (χ0) is 21.6. The lowest BCUT2D eigenvalue weighted by atomic mass is 10.1. The van der Waals surface area contributed by atoms with Crippen LogP contribution in [0.5, 0.6) is 0 Å². The van der Waals surface area contributed by atoms with Crippen molar-refractivity contribution in [1.29, 1.82) is 0 Å². The number of nitrogens with one attached hydrogen (secondary N) is 1. The third-order valence-electron chi connectivity index (χ3n) is 4.58. The van der Waals surface area contributed by atoms with Crippen molar-refractivity contribution in [1.82, 2.24) is 14.5 Å². The van der Waals surface area contributed by atoms with Crippen LogP contribution in [0.4, 0.5) is 0 Å². The Morgan fingerprint density at radius 3 is 2.23 bits per heavy atom. The fourth-order valence-corrected chi connectivity index (χ4v) is 3.69. The zero-order valence-corrected chi connectivity index (χ0v) is 17.9. The van der Waals surface area contributed by atoms with E-state index in [1.54, 1.807) is 12.1 Å². The number of hydrogen-bond donors (Lipinski definition) is 1. The molecule has 0 aliphatic carbocycles. The summed E-state index contributed by atoms with van der Waals surface area (Å²) in [4.78, 5) is 12.1. The van der Waals surface area contributed by atoms with E-state index < -0.39 is 10.0 Å². The SMILES string of the molecule is Cc1ccc(C=CS(=O)(=O)NCCCn2nc(-c3ccc(C)cc3)ccc2=O)cc1. The van der Waals surface area contributed by atoms with Gasteiger partial charge in [0.05, 0.1) is 5.69 Å². The van der Waals surface area contributed by atoms with Crippen LogP contribution in [-0.4, -0.2) is 24.7 Å². The Balaban J connectivity index is 1.57. The summed E-state index contributed by atoms with van der Waals surface area (Å²) in [5.41, 5.74) is 4.49. The van der Waals surface area contributed by atoms with E-state index in [2.05, 4.69) is 9.82 Å². The van der Waals surface area contributed by atoms with E-state index in [9.17, 15) is 13.2 Å². The van der Waals surface area contributed by atoms with Crippen LogP contribution >= 0.6 is 0 Å². The summed E-state index contributed by atoms with van der Waals surface area (Å²) in [6.07, 6.45) is 2.00. The van der Waals surface area contributed by atoms with E-state index in [0.717, 1.165) is 27.7 Å². The Hall–Kier alpha value is -3.03. The Morgan fingerprint density at radius 2 is 1.57 bits per heavy atom. The average molecular weight is 424 g/mol. The molecule has 0 saturated heterocycles. The van der Waals surface area contributed by atoms with Crippen molar-refractivity contribution in [3.05, 3.63) is 93.1 Å². The lowest BCUT2D eigenvalue weighted by Crippen LogP contribution is -2.27. The number of nitrogens with zero attached hydrogens (tertiary/aromatic N) is 2. The molecular formula is C23H25N3O3S. The minimum Gasteiger partial charge on any atom is -0.268 e. The van der Waals surface area contributed by atoms with Crippen molar-refractivity contribution in [3.63, 3.8) is 0 Å². The van der Waals surface area contributed by atoms with E-state index in [4.69, 9.17) is 0 Å². The number of hydrogen-bond acceptors (Lipinski definition) is 4. The first-order valence-electron chi connectivity index (χ1n) is 9.72. The van der Waals surface area contributed by atoms with Gasteiger partial charge in [-0.1, -0.05) is 59.7 Å². The average Bonchev–Trinajstić information content (AvgIpc) is 2.73. The molecule has 1 N–H and O–H groups in total. The summed E-state index contributed by atoms with van der Waals surface area (Å²) in [5, 5.41) is 5.56. The Bertz CT molecular complexity index is 1180. The fourth-order valence-electron chi connectivity index (χ4n) is 2.82. The van der Waals surface area contributed by atoms with E-state index in [1.807, 2.05) is 62.4 Å². The van der Waals surface area contributed by atoms with Gasteiger partial charge in [0, 0.05) is 30.1 Å². The van der Waals surface area contributed by atoms with Crippen molar-refractivity contribution in [3.8, 4) is 11.3 Å². The molecule has 0 fully saturated rings. The molecule has 3 rings (SSSR count). The molecule has 0 amide bonds. The van der Waals surface area contributed by atoms with Crippen molar-refractivity contribution in [2.75, 3.05) is 6.54 Å². The van der Waals surface area contributed by atoms with Crippen LogP contribution in [-0.2, 0) is 16.6 Å². The minimum atomic E-state index is -3.55. The first-order valence-corrected chi connectivity index (χ1v) is 11.3. The summed E-state index contributed by atoms with van der Waals surface area (Å²) in [5.74, 6) is 0. The Morgan fingerprint density at radius 1 is 0.933 bits per heavy atom. The van der Waals surface area contributed by atoms with Crippen molar-refractivity contribution < 1.29 is 8.42 Å². The highest BCUT2D eigenvalue weighted by atomic mass is 32.2. The standard InChI is InChI=1S/C23H25N3O3S/c1-18-4-8-20(9-5-18)14-17-30(28,29)24-15-3-16-26-23(27)13-12-22(25-26)21-10-6-19(2)7-11-21/h4-14,17,24H,3,15-16H2,1-2H3. The van der Waals surface area contributed by atoms with Gasteiger partial charge in [0.25, 0.3) is 5.56 Å². The summed E-state index contributed by atoms with van der Waals surface area (Å²) >= 11 is 0. The van der Waals surface area contributed by atoms with Gasteiger partial charge in [-0.25, -0.2) is 17.8 Å². The number of aromatic nitrogens is 2. The molecule has 0 aliphatic rings.